The van der Waals surface area contributed by atoms with Gasteiger partial charge >= 0.3 is 0 Å². The molecule has 7 heteroatoms. The molecule has 2 aromatic rings. The summed E-state index contributed by atoms with van der Waals surface area (Å²) in [6, 6.07) is 18.8. The van der Waals surface area contributed by atoms with Gasteiger partial charge in [-0.25, -0.2) is 0 Å². The molecule has 0 radical (unpaired) electrons. The van der Waals surface area contributed by atoms with Gasteiger partial charge in [0.25, 0.3) is 0 Å². The van der Waals surface area contributed by atoms with Gasteiger partial charge < -0.3 is 10.6 Å². The smallest absolute Gasteiger partial charge is 0.234 e. The SMILES string of the molecule is N#CC1=C(SCC(=O)Nc2ccccc2)NC2=C(C(=O)CCC2)[C@@H]1c1ccc(Cl)cc1. The molecule has 0 saturated heterocycles. The number of benzene rings is 2. The fourth-order valence-corrected chi connectivity index (χ4v) is 4.87. The number of hydrogen-bond donors (Lipinski definition) is 2. The van der Waals surface area contributed by atoms with Crippen LogP contribution in [-0.2, 0) is 9.59 Å². The maximum Gasteiger partial charge on any atom is 0.234 e. The van der Waals surface area contributed by atoms with Crippen LogP contribution in [0.2, 0.25) is 5.02 Å². The van der Waals surface area contributed by atoms with Gasteiger partial charge in [-0.3, -0.25) is 9.59 Å². The number of hydrogen-bond acceptors (Lipinski definition) is 5. The van der Waals surface area contributed by atoms with Crippen molar-refractivity contribution in [2.75, 3.05) is 11.1 Å². The minimum atomic E-state index is -0.453. The molecular weight excluding hydrogens is 430 g/mol. The number of anilines is 1. The molecule has 2 N–H and O–H groups in total. The molecule has 0 unspecified atom stereocenters. The molecule has 2 aliphatic rings. The minimum Gasteiger partial charge on any atom is -0.352 e. The molecule has 31 heavy (non-hydrogen) atoms. The van der Waals surface area contributed by atoms with Crippen LogP contribution in [0.3, 0.4) is 0 Å². The quantitative estimate of drug-likeness (QED) is 0.660. The first-order valence-electron chi connectivity index (χ1n) is 9.97. The number of nitriles is 1. The largest absolute Gasteiger partial charge is 0.352 e. The number of nitrogens with zero attached hydrogens (tertiary/aromatic N) is 1. The van der Waals surface area contributed by atoms with Crippen molar-refractivity contribution < 1.29 is 9.59 Å². The van der Waals surface area contributed by atoms with Crippen LogP contribution < -0.4 is 10.6 Å². The first-order chi connectivity index (χ1) is 15.1. The van der Waals surface area contributed by atoms with E-state index in [1.807, 2.05) is 42.5 Å². The Balaban J connectivity index is 1.62. The summed E-state index contributed by atoms with van der Waals surface area (Å²) in [5, 5.41) is 17.4. The van der Waals surface area contributed by atoms with Gasteiger partial charge in [-0.2, -0.15) is 5.26 Å². The van der Waals surface area contributed by atoms with Crippen LogP contribution in [0.15, 0.2) is 76.5 Å². The highest BCUT2D eigenvalue weighted by atomic mass is 35.5. The van der Waals surface area contributed by atoms with E-state index in [-0.39, 0.29) is 17.4 Å². The first-order valence-corrected chi connectivity index (χ1v) is 11.3. The predicted molar refractivity (Wildman–Crippen MR) is 123 cm³/mol. The summed E-state index contributed by atoms with van der Waals surface area (Å²) in [5.74, 6) is -0.407. The van der Waals surface area contributed by atoms with Gasteiger partial charge in [-0.15, -0.1) is 0 Å². The van der Waals surface area contributed by atoms with Crippen molar-refractivity contribution in [3.05, 3.63) is 87.1 Å². The number of Topliss-reactive ketones (excluding diaryl/α,β-unsaturated/α-hetero) is 1. The number of amides is 1. The summed E-state index contributed by atoms with van der Waals surface area (Å²) in [6.45, 7) is 0. The third-order valence-corrected chi connectivity index (χ3v) is 6.54. The monoisotopic (exact) mass is 449 g/mol. The third-order valence-electron chi connectivity index (χ3n) is 5.27. The van der Waals surface area contributed by atoms with E-state index in [0.29, 0.717) is 27.6 Å². The molecule has 156 valence electrons. The number of carbonyl (C=O) groups excluding carboxylic acids is 2. The molecule has 1 atom stereocenters. The standard InChI is InChI=1S/C24H20ClN3O2S/c25-16-11-9-15(10-12-16)22-18(13-26)24(28-19-7-4-8-20(29)23(19)22)31-14-21(30)27-17-5-2-1-3-6-17/h1-3,5-6,9-12,22,28H,4,7-8,14H2,(H,27,30)/t22-/m1/s1. The number of thioether (sulfide) groups is 1. The number of allylic oxidation sites excluding steroid dienone is 3. The summed E-state index contributed by atoms with van der Waals surface area (Å²) in [6.07, 6.45) is 1.99. The molecule has 1 amide bonds. The summed E-state index contributed by atoms with van der Waals surface area (Å²) in [7, 11) is 0. The van der Waals surface area contributed by atoms with Crippen LogP contribution in [0.1, 0.15) is 30.7 Å². The van der Waals surface area contributed by atoms with Gasteiger partial charge in [-0.05, 0) is 42.7 Å². The van der Waals surface area contributed by atoms with Gasteiger partial charge in [0.2, 0.25) is 5.91 Å². The number of carbonyl (C=O) groups is 2. The van der Waals surface area contributed by atoms with Crippen LogP contribution in [-0.4, -0.2) is 17.4 Å². The van der Waals surface area contributed by atoms with Crippen molar-refractivity contribution in [2.24, 2.45) is 0 Å². The molecule has 1 aliphatic carbocycles. The molecule has 0 bridgehead atoms. The van der Waals surface area contributed by atoms with Crippen LogP contribution >= 0.6 is 23.4 Å². The second-order valence-corrected chi connectivity index (χ2v) is 8.76. The lowest BCUT2D eigenvalue weighted by atomic mass is 9.77. The fraction of sp³-hybridized carbons (Fsp3) is 0.208. The van der Waals surface area contributed by atoms with E-state index in [1.165, 1.54) is 11.8 Å². The summed E-state index contributed by atoms with van der Waals surface area (Å²) in [5.41, 5.74) is 3.52. The van der Waals surface area contributed by atoms with Gasteiger partial charge in [0.15, 0.2) is 5.78 Å². The lowest BCUT2D eigenvalue weighted by Crippen LogP contribution is -2.31. The Labute approximate surface area is 190 Å². The van der Waals surface area contributed by atoms with E-state index in [9.17, 15) is 14.9 Å². The highest BCUT2D eigenvalue weighted by molar-refractivity contribution is 8.03. The normalized spacial score (nSPS) is 18.2. The molecule has 2 aromatic carbocycles. The molecule has 0 saturated carbocycles. The molecule has 1 aliphatic heterocycles. The Bertz CT molecular complexity index is 1120. The molecule has 4 rings (SSSR count). The van der Waals surface area contributed by atoms with E-state index < -0.39 is 5.92 Å². The van der Waals surface area contributed by atoms with Gasteiger partial charge in [0, 0.05) is 28.4 Å². The topological polar surface area (TPSA) is 82.0 Å². The fourth-order valence-electron chi connectivity index (χ4n) is 3.88. The minimum absolute atomic E-state index is 0.0623. The average Bonchev–Trinajstić information content (AvgIpc) is 2.78. The summed E-state index contributed by atoms with van der Waals surface area (Å²) >= 11 is 7.33. The van der Waals surface area contributed by atoms with Gasteiger partial charge in [-0.1, -0.05) is 53.7 Å². The zero-order valence-electron chi connectivity index (χ0n) is 16.7. The molecule has 5 nitrogen and oxygen atoms in total. The Hall–Kier alpha value is -3.01. The molecule has 1 heterocycles. The Morgan fingerprint density at radius 3 is 2.61 bits per heavy atom. The maximum atomic E-state index is 12.8. The predicted octanol–water partition coefficient (Wildman–Crippen LogP) is 5.14. The van der Waals surface area contributed by atoms with Crippen molar-refractivity contribution in [3.63, 3.8) is 0 Å². The van der Waals surface area contributed by atoms with E-state index in [0.717, 1.165) is 29.8 Å². The lowest BCUT2D eigenvalue weighted by Gasteiger charge is -2.33. The number of para-hydroxylation sites is 1. The molecule has 0 aromatic heterocycles. The second-order valence-electron chi connectivity index (χ2n) is 7.34. The Kier molecular flexibility index (Phi) is 6.45. The zero-order valence-corrected chi connectivity index (χ0v) is 18.2. The summed E-state index contributed by atoms with van der Waals surface area (Å²) in [4.78, 5) is 25.2. The zero-order chi connectivity index (χ0) is 21.8. The highest BCUT2D eigenvalue weighted by Gasteiger charge is 2.37. The Morgan fingerprint density at radius 2 is 1.90 bits per heavy atom. The molecule has 0 fully saturated rings. The Morgan fingerprint density at radius 1 is 1.16 bits per heavy atom. The first kappa shape index (κ1) is 21.2. The lowest BCUT2D eigenvalue weighted by molar-refractivity contribution is -0.116. The van der Waals surface area contributed by atoms with E-state index in [4.69, 9.17) is 11.6 Å². The number of halogens is 1. The van der Waals surface area contributed by atoms with Crippen LogP contribution in [0, 0.1) is 11.3 Å². The van der Waals surface area contributed by atoms with Crippen LogP contribution in [0.5, 0.6) is 0 Å². The third kappa shape index (κ3) is 4.68. The van der Waals surface area contributed by atoms with Crippen molar-refractivity contribution in [1.29, 1.82) is 5.26 Å². The summed E-state index contributed by atoms with van der Waals surface area (Å²) < 4.78 is 0. The number of nitrogens with one attached hydrogen (secondary N) is 2. The molecule has 0 spiro atoms. The van der Waals surface area contributed by atoms with E-state index in [2.05, 4.69) is 16.7 Å². The average molecular weight is 450 g/mol. The van der Waals surface area contributed by atoms with Crippen molar-refractivity contribution in [1.82, 2.24) is 5.32 Å². The molecular formula is C24H20ClN3O2S. The van der Waals surface area contributed by atoms with Crippen molar-refractivity contribution >= 4 is 40.7 Å². The van der Waals surface area contributed by atoms with E-state index >= 15 is 0 Å². The van der Waals surface area contributed by atoms with Gasteiger partial charge in [0.1, 0.15) is 0 Å². The number of dihydropyridines is 1. The number of rotatable bonds is 5. The number of ketones is 1. The highest BCUT2D eigenvalue weighted by Crippen LogP contribution is 2.44. The van der Waals surface area contributed by atoms with Gasteiger partial charge in [0.05, 0.1) is 28.3 Å². The van der Waals surface area contributed by atoms with Crippen molar-refractivity contribution in [3.8, 4) is 6.07 Å². The maximum absolute atomic E-state index is 12.8. The van der Waals surface area contributed by atoms with Crippen molar-refractivity contribution in [2.45, 2.75) is 25.2 Å². The van der Waals surface area contributed by atoms with Crippen LogP contribution in [0.25, 0.3) is 0 Å². The second kappa shape index (κ2) is 9.42. The van der Waals surface area contributed by atoms with E-state index in [1.54, 1.807) is 12.1 Å². The van der Waals surface area contributed by atoms with Crippen LogP contribution in [0.4, 0.5) is 5.69 Å².